The molecule has 0 saturated heterocycles. The van der Waals surface area contributed by atoms with Crippen molar-refractivity contribution in [2.24, 2.45) is 0 Å². The van der Waals surface area contributed by atoms with Crippen molar-refractivity contribution in [3.8, 4) is 0 Å². The zero-order chi connectivity index (χ0) is 13.9. The van der Waals surface area contributed by atoms with E-state index in [1.165, 1.54) is 5.56 Å². The Morgan fingerprint density at radius 2 is 1.95 bits per heavy atom. The van der Waals surface area contributed by atoms with Crippen molar-refractivity contribution < 1.29 is 4.74 Å². The van der Waals surface area contributed by atoms with Crippen LogP contribution < -0.4 is 5.32 Å². The summed E-state index contributed by atoms with van der Waals surface area (Å²) in [4.78, 5) is 2.30. The Balaban J connectivity index is 2.04. The van der Waals surface area contributed by atoms with Crippen LogP contribution in [0.5, 0.6) is 0 Å². The third-order valence-corrected chi connectivity index (χ3v) is 3.13. The van der Waals surface area contributed by atoms with Gasteiger partial charge in [-0.3, -0.25) is 0 Å². The Bertz CT molecular complexity index is 329. The smallest absolute Gasteiger partial charge is 0.0477 e. The fourth-order valence-corrected chi connectivity index (χ4v) is 1.95. The first-order valence-electron chi connectivity index (χ1n) is 6.94. The van der Waals surface area contributed by atoms with Gasteiger partial charge in [-0.15, -0.1) is 0 Å². The minimum absolute atomic E-state index is 0.794. The largest absolute Gasteiger partial charge is 0.382 e. The molecule has 0 unspecified atom stereocenters. The second kappa shape index (κ2) is 10.2. The molecule has 0 aromatic heterocycles. The van der Waals surface area contributed by atoms with Crippen LogP contribution in [0.3, 0.4) is 0 Å². The fraction of sp³-hybridized carbons (Fsp3) is 0.600. The molecule has 3 nitrogen and oxygen atoms in total. The van der Waals surface area contributed by atoms with Crippen molar-refractivity contribution in [3.05, 3.63) is 34.9 Å². The molecule has 1 aromatic carbocycles. The van der Waals surface area contributed by atoms with Gasteiger partial charge in [0.15, 0.2) is 0 Å². The third-order valence-electron chi connectivity index (χ3n) is 2.88. The average Bonchev–Trinajstić information content (AvgIpc) is 2.40. The van der Waals surface area contributed by atoms with Crippen LogP contribution in [0, 0.1) is 0 Å². The highest BCUT2D eigenvalue weighted by atomic mass is 35.5. The molecule has 0 amide bonds. The molecule has 1 rings (SSSR count). The summed E-state index contributed by atoms with van der Waals surface area (Å²) in [7, 11) is 2.14. The van der Waals surface area contributed by atoms with Crippen molar-refractivity contribution in [2.75, 3.05) is 39.9 Å². The number of halogens is 1. The van der Waals surface area contributed by atoms with Gasteiger partial charge in [-0.1, -0.05) is 23.7 Å². The van der Waals surface area contributed by atoms with Gasteiger partial charge in [0.1, 0.15) is 0 Å². The van der Waals surface area contributed by atoms with Crippen molar-refractivity contribution in [1.29, 1.82) is 0 Å². The van der Waals surface area contributed by atoms with Crippen LogP contribution in [0.4, 0.5) is 0 Å². The molecule has 0 saturated carbocycles. The molecule has 0 aliphatic rings. The Kier molecular flexibility index (Phi) is 8.84. The minimum atomic E-state index is 0.794. The first-order valence-corrected chi connectivity index (χ1v) is 7.31. The number of benzene rings is 1. The molecule has 0 aliphatic heterocycles. The molecule has 0 spiro atoms. The van der Waals surface area contributed by atoms with E-state index in [2.05, 4.69) is 29.4 Å². The molecule has 0 fully saturated rings. The molecule has 19 heavy (non-hydrogen) atoms. The molecule has 0 aliphatic carbocycles. The van der Waals surface area contributed by atoms with Crippen LogP contribution in [-0.4, -0.2) is 44.8 Å². The lowest BCUT2D eigenvalue weighted by Crippen LogP contribution is -2.29. The lowest BCUT2D eigenvalue weighted by atomic mass is 10.2. The second-order valence-corrected chi connectivity index (χ2v) is 5.10. The zero-order valence-electron chi connectivity index (χ0n) is 12.0. The maximum Gasteiger partial charge on any atom is 0.0477 e. The first kappa shape index (κ1) is 16.4. The van der Waals surface area contributed by atoms with E-state index < -0.39 is 0 Å². The van der Waals surface area contributed by atoms with Gasteiger partial charge in [-0.2, -0.15) is 0 Å². The van der Waals surface area contributed by atoms with E-state index in [0.29, 0.717) is 0 Å². The van der Waals surface area contributed by atoms with Crippen molar-refractivity contribution in [3.63, 3.8) is 0 Å². The SMILES string of the molecule is CCOCCCNCCN(C)Cc1ccc(Cl)cc1. The lowest BCUT2D eigenvalue weighted by Gasteiger charge is -2.17. The van der Waals surface area contributed by atoms with Crippen LogP contribution >= 0.6 is 11.6 Å². The van der Waals surface area contributed by atoms with Gasteiger partial charge < -0.3 is 15.0 Å². The Hall–Kier alpha value is -0.610. The predicted octanol–water partition coefficient (Wildman–Crippen LogP) is 2.79. The number of rotatable bonds is 10. The Morgan fingerprint density at radius 3 is 2.63 bits per heavy atom. The van der Waals surface area contributed by atoms with Gasteiger partial charge in [0.2, 0.25) is 0 Å². The molecule has 0 heterocycles. The minimum Gasteiger partial charge on any atom is -0.382 e. The van der Waals surface area contributed by atoms with Gasteiger partial charge in [0.25, 0.3) is 0 Å². The maximum atomic E-state index is 5.87. The standard InChI is InChI=1S/C15H25ClN2O/c1-3-19-12-4-9-17-10-11-18(2)13-14-5-7-15(16)8-6-14/h5-8,17H,3-4,9-13H2,1-2H3. The molecule has 1 N–H and O–H groups in total. The molecular weight excluding hydrogens is 260 g/mol. The summed E-state index contributed by atoms with van der Waals surface area (Å²) in [5.41, 5.74) is 1.29. The molecule has 4 heteroatoms. The lowest BCUT2D eigenvalue weighted by molar-refractivity contribution is 0.144. The topological polar surface area (TPSA) is 24.5 Å². The van der Waals surface area contributed by atoms with Gasteiger partial charge in [-0.25, -0.2) is 0 Å². The highest BCUT2D eigenvalue weighted by molar-refractivity contribution is 6.30. The molecule has 1 aromatic rings. The Morgan fingerprint density at radius 1 is 1.21 bits per heavy atom. The number of nitrogens with one attached hydrogen (secondary N) is 1. The second-order valence-electron chi connectivity index (χ2n) is 4.66. The van der Waals surface area contributed by atoms with E-state index >= 15 is 0 Å². The van der Waals surface area contributed by atoms with Gasteiger partial charge in [-0.05, 0) is 44.6 Å². The van der Waals surface area contributed by atoms with E-state index in [0.717, 1.165) is 50.8 Å². The summed E-state index contributed by atoms with van der Waals surface area (Å²) < 4.78 is 5.29. The summed E-state index contributed by atoms with van der Waals surface area (Å²) in [5, 5.41) is 4.22. The molecule has 0 bridgehead atoms. The van der Waals surface area contributed by atoms with Crippen LogP contribution in [-0.2, 0) is 11.3 Å². The third kappa shape index (κ3) is 8.22. The van der Waals surface area contributed by atoms with Crippen LogP contribution in [0.15, 0.2) is 24.3 Å². The van der Waals surface area contributed by atoms with Gasteiger partial charge in [0, 0.05) is 37.9 Å². The monoisotopic (exact) mass is 284 g/mol. The fourth-order valence-electron chi connectivity index (χ4n) is 1.82. The Labute approximate surface area is 121 Å². The van der Waals surface area contributed by atoms with Gasteiger partial charge >= 0.3 is 0 Å². The zero-order valence-corrected chi connectivity index (χ0v) is 12.7. The van der Waals surface area contributed by atoms with E-state index in [-0.39, 0.29) is 0 Å². The molecule has 0 atom stereocenters. The molecular formula is C15H25ClN2O. The summed E-state index contributed by atoms with van der Waals surface area (Å²) in [6, 6.07) is 8.04. The normalized spacial score (nSPS) is 11.2. The predicted molar refractivity (Wildman–Crippen MR) is 81.8 cm³/mol. The summed E-state index contributed by atoms with van der Waals surface area (Å²) >= 11 is 5.87. The van der Waals surface area contributed by atoms with E-state index in [4.69, 9.17) is 16.3 Å². The van der Waals surface area contributed by atoms with Crippen LogP contribution in [0.1, 0.15) is 18.9 Å². The van der Waals surface area contributed by atoms with E-state index in [9.17, 15) is 0 Å². The highest BCUT2D eigenvalue weighted by Gasteiger charge is 2.00. The highest BCUT2D eigenvalue weighted by Crippen LogP contribution is 2.10. The van der Waals surface area contributed by atoms with Crippen LogP contribution in [0.2, 0.25) is 5.02 Å². The molecule has 0 radical (unpaired) electrons. The summed E-state index contributed by atoms with van der Waals surface area (Å²) in [6.07, 6.45) is 1.08. The quantitative estimate of drug-likeness (QED) is 0.669. The maximum absolute atomic E-state index is 5.87. The summed E-state index contributed by atoms with van der Waals surface area (Å²) in [6.45, 7) is 7.72. The summed E-state index contributed by atoms with van der Waals surface area (Å²) in [5.74, 6) is 0. The van der Waals surface area contributed by atoms with Gasteiger partial charge in [0.05, 0.1) is 0 Å². The average molecular weight is 285 g/mol. The number of ether oxygens (including phenoxy) is 1. The first-order chi connectivity index (χ1) is 9.22. The van der Waals surface area contributed by atoms with E-state index in [1.54, 1.807) is 0 Å². The van der Waals surface area contributed by atoms with Crippen LogP contribution in [0.25, 0.3) is 0 Å². The van der Waals surface area contributed by atoms with E-state index in [1.807, 2.05) is 19.1 Å². The number of likely N-dealkylation sites (N-methyl/N-ethyl adjacent to an activating group) is 1. The number of nitrogens with zero attached hydrogens (tertiary/aromatic N) is 1. The number of hydrogen-bond donors (Lipinski definition) is 1. The van der Waals surface area contributed by atoms with Crippen molar-refractivity contribution in [1.82, 2.24) is 10.2 Å². The number of hydrogen-bond acceptors (Lipinski definition) is 3. The van der Waals surface area contributed by atoms with Crippen molar-refractivity contribution >= 4 is 11.6 Å². The molecule has 108 valence electrons. The van der Waals surface area contributed by atoms with Crippen molar-refractivity contribution in [2.45, 2.75) is 19.9 Å².